The summed E-state index contributed by atoms with van der Waals surface area (Å²) in [4.78, 5) is 41.5. The van der Waals surface area contributed by atoms with Crippen molar-refractivity contribution in [3.05, 3.63) is 87.7 Å². The highest BCUT2D eigenvalue weighted by molar-refractivity contribution is 7.13. The van der Waals surface area contributed by atoms with Crippen LogP contribution >= 0.6 is 11.3 Å². The van der Waals surface area contributed by atoms with E-state index in [0.717, 1.165) is 16.3 Å². The molecule has 0 radical (unpaired) electrons. The van der Waals surface area contributed by atoms with E-state index in [1.54, 1.807) is 24.7 Å². The van der Waals surface area contributed by atoms with Crippen LogP contribution in [0.3, 0.4) is 0 Å². The largest absolute Gasteiger partial charge is 0.346 e. The van der Waals surface area contributed by atoms with Gasteiger partial charge in [0.2, 0.25) is 0 Å². The number of carbonyl (C=O) groups excluding carboxylic acids is 1. The quantitative estimate of drug-likeness (QED) is 0.480. The summed E-state index contributed by atoms with van der Waals surface area (Å²) in [6.07, 6.45) is 5.08. The Morgan fingerprint density at radius 1 is 1.16 bits per heavy atom. The number of amides is 1. The van der Waals surface area contributed by atoms with Crippen molar-refractivity contribution >= 4 is 17.2 Å². The molecule has 0 spiro atoms. The number of carbonyl (C=O) groups is 1. The molecule has 4 heterocycles. The summed E-state index contributed by atoms with van der Waals surface area (Å²) in [5, 5.41) is 5.50. The van der Waals surface area contributed by atoms with E-state index in [2.05, 4.69) is 25.3 Å². The van der Waals surface area contributed by atoms with Gasteiger partial charge in [-0.1, -0.05) is 19.9 Å². The Morgan fingerprint density at radius 3 is 2.68 bits per heavy atom. The van der Waals surface area contributed by atoms with Gasteiger partial charge in [-0.05, 0) is 36.2 Å². The maximum absolute atomic E-state index is 13.0. The van der Waals surface area contributed by atoms with Gasteiger partial charge in [0.05, 0.1) is 29.1 Å². The van der Waals surface area contributed by atoms with Gasteiger partial charge in [0, 0.05) is 35.2 Å². The minimum Gasteiger partial charge on any atom is -0.346 e. The smallest absolute Gasteiger partial charge is 0.257 e. The highest BCUT2D eigenvalue weighted by Gasteiger charge is 2.20. The zero-order chi connectivity index (χ0) is 21.8. The summed E-state index contributed by atoms with van der Waals surface area (Å²) < 4.78 is 0. The lowest BCUT2D eigenvalue weighted by molar-refractivity contribution is 0.0948. The van der Waals surface area contributed by atoms with E-state index < -0.39 is 0 Å². The van der Waals surface area contributed by atoms with E-state index >= 15 is 0 Å². The second kappa shape index (κ2) is 9.01. The fraction of sp³-hybridized carbons (Fsp3) is 0.174. The Kier molecular flexibility index (Phi) is 5.99. The number of pyridine rings is 3. The second-order valence-electron chi connectivity index (χ2n) is 7.27. The molecule has 7 nitrogen and oxygen atoms in total. The van der Waals surface area contributed by atoms with E-state index in [1.165, 1.54) is 11.3 Å². The molecule has 2 N–H and O–H groups in total. The lowest BCUT2D eigenvalue weighted by Gasteiger charge is -2.14. The number of hydrogen-bond acceptors (Lipinski definition) is 6. The van der Waals surface area contributed by atoms with Crippen molar-refractivity contribution in [2.75, 3.05) is 0 Å². The molecule has 0 aromatic carbocycles. The molecule has 0 bridgehead atoms. The predicted octanol–water partition coefficient (Wildman–Crippen LogP) is 4.01. The van der Waals surface area contributed by atoms with Crippen molar-refractivity contribution in [2.45, 2.75) is 26.3 Å². The Bertz CT molecular complexity index is 1250. The lowest BCUT2D eigenvalue weighted by atomic mass is 10.0. The molecule has 0 unspecified atom stereocenters. The first kappa shape index (κ1) is 20.6. The van der Waals surface area contributed by atoms with Crippen LogP contribution in [0.25, 0.3) is 21.8 Å². The summed E-state index contributed by atoms with van der Waals surface area (Å²) in [6, 6.07) is 10.9. The van der Waals surface area contributed by atoms with Crippen LogP contribution < -0.4 is 10.9 Å². The Balaban J connectivity index is 1.68. The molecule has 0 fully saturated rings. The number of nitrogens with one attached hydrogen (secondary N) is 2. The van der Waals surface area contributed by atoms with Crippen molar-refractivity contribution in [3.63, 3.8) is 0 Å². The summed E-state index contributed by atoms with van der Waals surface area (Å²) in [6.45, 7) is 4.17. The highest BCUT2D eigenvalue weighted by Crippen LogP contribution is 2.28. The topological polar surface area (TPSA) is 101 Å². The molecule has 0 aliphatic carbocycles. The average molecular weight is 432 g/mol. The Hall–Kier alpha value is -3.65. The van der Waals surface area contributed by atoms with Crippen molar-refractivity contribution in [2.24, 2.45) is 0 Å². The van der Waals surface area contributed by atoms with E-state index in [9.17, 15) is 9.59 Å². The number of rotatable bonds is 6. The Labute approximate surface area is 183 Å². The third-order valence-corrected chi connectivity index (χ3v) is 5.65. The normalized spacial score (nSPS) is 10.9. The molecule has 156 valence electrons. The minimum atomic E-state index is -0.267. The van der Waals surface area contributed by atoms with Crippen LogP contribution in [0.1, 0.15) is 41.5 Å². The van der Waals surface area contributed by atoms with Gasteiger partial charge in [0.1, 0.15) is 5.01 Å². The molecular weight excluding hydrogens is 410 g/mol. The molecule has 31 heavy (non-hydrogen) atoms. The first-order chi connectivity index (χ1) is 15.0. The molecule has 0 aliphatic rings. The van der Waals surface area contributed by atoms with Crippen LogP contribution in [0, 0.1) is 0 Å². The predicted molar refractivity (Wildman–Crippen MR) is 121 cm³/mol. The van der Waals surface area contributed by atoms with Gasteiger partial charge >= 0.3 is 0 Å². The Morgan fingerprint density at radius 2 is 1.97 bits per heavy atom. The molecule has 4 rings (SSSR count). The van der Waals surface area contributed by atoms with Gasteiger partial charge in [-0.3, -0.25) is 19.6 Å². The zero-order valence-electron chi connectivity index (χ0n) is 17.1. The number of thiazole rings is 1. The molecule has 0 aliphatic heterocycles. The number of H-pyrrole nitrogens is 1. The molecular formula is C23H21N5O2S. The van der Waals surface area contributed by atoms with Gasteiger partial charge in [0.15, 0.2) is 0 Å². The molecule has 0 saturated carbocycles. The van der Waals surface area contributed by atoms with Gasteiger partial charge in [-0.15, -0.1) is 11.3 Å². The summed E-state index contributed by atoms with van der Waals surface area (Å²) in [7, 11) is 0. The van der Waals surface area contributed by atoms with Crippen LogP contribution in [-0.2, 0) is 6.54 Å². The maximum atomic E-state index is 13.0. The molecule has 1 amide bonds. The monoisotopic (exact) mass is 431 g/mol. The van der Waals surface area contributed by atoms with Crippen LogP contribution in [0.5, 0.6) is 0 Å². The SMILES string of the molecule is CC(C)c1[nH]c(=O)c(-c2csc(-c3ccncc3)n2)cc1C(=O)NCc1ccccn1. The van der Waals surface area contributed by atoms with Crippen molar-refractivity contribution in [1.82, 2.24) is 25.3 Å². The van der Waals surface area contributed by atoms with E-state index in [-0.39, 0.29) is 17.4 Å². The summed E-state index contributed by atoms with van der Waals surface area (Å²) in [5.41, 5.74) is 3.34. The van der Waals surface area contributed by atoms with Gasteiger partial charge in [-0.2, -0.15) is 0 Å². The molecule has 0 saturated heterocycles. The number of hydrogen-bond donors (Lipinski definition) is 2. The first-order valence-corrected chi connectivity index (χ1v) is 10.7. The number of aromatic nitrogens is 4. The standard InChI is InChI=1S/C23H21N5O2S/c1-14(2)20-18(21(29)26-12-16-5-3-4-8-25-16)11-17(22(30)28-20)19-13-31-23(27-19)15-6-9-24-10-7-15/h3-11,13-14H,12H2,1-2H3,(H,26,29)(H,28,30). The third kappa shape index (κ3) is 4.59. The van der Waals surface area contributed by atoms with Crippen LogP contribution in [0.15, 0.2) is 65.2 Å². The van der Waals surface area contributed by atoms with Gasteiger partial charge < -0.3 is 10.3 Å². The fourth-order valence-electron chi connectivity index (χ4n) is 3.17. The van der Waals surface area contributed by atoms with Gasteiger partial charge in [-0.25, -0.2) is 4.98 Å². The van der Waals surface area contributed by atoms with Crippen LogP contribution in [-0.4, -0.2) is 25.8 Å². The zero-order valence-corrected chi connectivity index (χ0v) is 17.9. The fourth-order valence-corrected chi connectivity index (χ4v) is 4.00. The van der Waals surface area contributed by atoms with Crippen LogP contribution in [0.2, 0.25) is 0 Å². The van der Waals surface area contributed by atoms with E-state index in [4.69, 9.17) is 0 Å². The summed E-state index contributed by atoms with van der Waals surface area (Å²) >= 11 is 1.44. The number of nitrogens with zero attached hydrogens (tertiary/aromatic N) is 3. The molecule has 4 aromatic heterocycles. The minimum absolute atomic E-state index is 0.0276. The molecule has 4 aromatic rings. The van der Waals surface area contributed by atoms with Crippen molar-refractivity contribution < 1.29 is 4.79 Å². The van der Waals surface area contributed by atoms with E-state index in [0.29, 0.717) is 29.1 Å². The van der Waals surface area contributed by atoms with Crippen molar-refractivity contribution in [1.29, 1.82) is 0 Å². The van der Waals surface area contributed by atoms with Gasteiger partial charge in [0.25, 0.3) is 11.5 Å². The van der Waals surface area contributed by atoms with E-state index in [1.807, 2.05) is 49.6 Å². The molecule has 8 heteroatoms. The van der Waals surface area contributed by atoms with Crippen LogP contribution in [0.4, 0.5) is 0 Å². The number of aromatic amines is 1. The second-order valence-corrected chi connectivity index (χ2v) is 8.13. The molecule has 0 atom stereocenters. The summed E-state index contributed by atoms with van der Waals surface area (Å²) in [5.74, 6) is -0.295. The first-order valence-electron chi connectivity index (χ1n) is 9.84. The third-order valence-electron chi connectivity index (χ3n) is 4.76. The average Bonchev–Trinajstić information content (AvgIpc) is 3.28. The van der Waals surface area contributed by atoms with Crippen molar-refractivity contribution in [3.8, 4) is 21.8 Å². The highest BCUT2D eigenvalue weighted by atomic mass is 32.1. The maximum Gasteiger partial charge on any atom is 0.257 e. The lowest BCUT2D eigenvalue weighted by Crippen LogP contribution is -2.27.